The van der Waals surface area contributed by atoms with E-state index in [2.05, 4.69) is 48.5 Å². The van der Waals surface area contributed by atoms with Crippen molar-refractivity contribution in [2.24, 2.45) is 5.73 Å². The summed E-state index contributed by atoms with van der Waals surface area (Å²) in [6.45, 7) is 0.936. The Morgan fingerprint density at radius 2 is 1.41 bits per heavy atom. The van der Waals surface area contributed by atoms with Gasteiger partial charge in [-0.1, -0.05) is 48.5 Å². The van der Waals surface area contributed by atoms with Gasteiger partial charge in [0.1, 0.15) is 0 Å². The Morgan fingerprint density at radius 3 is 1.94 bits per heavy atom. The van der Waals surface area contributed by atoms with Gasteiger partial charge in [-0.3, -0.25) is 0 Å². The lowest BCUT2D eigenvalue weighted by molar-refractivity contribution is 0.135. The summed E-state index contributed by atoms with van der Waals surface area (Å²) in [5.41, 5.74) is 10.8. The maximum Gasteiger partial charge on any atom is 0.0940 e. The molecule has 0 spiro atoms. The number of fused-ring (bicyclic) bond motifs is 3. The lowest BCUT2D eigenvalue weighted by atomic mass is 9.98. The SMILES string of the molecule is NCOCC1c2ccccc2-c2ccccc21. The van der Waals surface area contributed by atoms with Crippen LogP contribution in [0.5, 0.6) is 0 Å². The molecule has 0 saturated carbocycles. The molecule has 2 aromatic rings. The summed E-state index contributed by atoms with van der Waals surface area (Å²) in [4.78, 5) is 0. The zero-order chi connectivity index (χ0) is 11.7. The predicted molar refractivity (Wildman–Crippen MR) is 68.7 cm³/mol. The molecule has 2 nitrogen and oxygen atoms in total. The molecule has 0 bridgehead atoms. The van der Waals surface area contributed by atoms with Crippen molar-refractivity contribution in [3.05, 3.63) is 59.7 Å². The lowest BCUT2D eigenvalue weighted by Crippen LogP contribution is -2.12. The van der Waals surface area contributed by atoms with Crippen molar-refractivity contribution in [3.8, 4) is 11.1 Å². The second-order valence-corrected chi connectivity index (χ2v) is 4.26. The van der Waals surface area contributed by atoms with Crippen molar-refractivity contribution in [1.29, 1.82) is 0 Å². The summed E-state index contributed by atoms with van der Waals surface area (Å²) in [6.07, 6.45) is 0. The molecule has 0 fully saturated rings. The minimum absolute atomic E-state index is 0.279. The number of nitrogens with two attached hydrogens (primary N) is 1. The molecule has 3 rings (SSSR count). The van der Waals surface area contributed by atoms with Gasteiger partial charge in [0.25, 0.3) is 0 Å². The van der Waals surface area contributed by atoms with Gasteiger partial charge in [0.15, 0.2) is 0 Å². The maximum atomic E-state index is 5.42. The normalized spacial score (nSPS) is 13.5. The standard InChI is InChI=1S/C15H15NO/c16-10-17-9-15-13-7-3-1-5-11(13)12-6-2-4-8-14(12)15/h1-8,15H,9-10,16H2. The quantitative estimate of drug-likeness (QED) is 0.815. The first-order chi connectivity index (χ1) is 8.42. The summed E-state index contributed by atoms with van der Waals surface area (Å²) in [5.74, 6) is 0.325. The van der Waals surface area contributed by atoms with Gasteiger partial charge in [-0.25, -0.2) is 0 Å². The Labute approximate surface area is 101 Å². The van der Waals surface area contributed by atoms with Crippen molar-refractivity contribution in [1.82, 2.24) is 0 Å². The summed E-state index contributed by atoms with van der Waals surface area (Å²) in [7, 11) is 0. The van der Waals surface area contributed by atoms with Crippen LogP contribution in [-0.4, -0.2) is 13.3 Å². The highest BCUT2D eigenvalue weighted by atomic mass is 16.5. The first-order valence-electron chi connectivity index (χ1n) is 5.88. The highest BCUT2D eigenvalue weighted by Crippen LogP contribution is 2.44. The van der Waals surface area contributed by atoms with Gasteiger partial charge in [0.2, 0.25) is 0 Å². The third kappa shape index (κ3) is 1.66. The fourth-order valence-corrected chi connectivity index (χ4v) is 2.63. The topological polar surface area (TPSA) is 35.2 Å². The fourth-order valence-electron chi connectivity index (χ4n) is 2.63. The largest absolute Gasteiger partial charge is 0.366 e. The van der Waals surface area contributed by atoms with Crippen molar-refractivity contribution in [2.45, 2.75) is 5.92 Å². The van der Waals surface area contributed by atoms with Crippen LogP contribution in [0.1, 0.15) is 17.0 Å². The molecule has 0 heterocycles. The van der Waals surface area contributed by atoms with Gasteiger partial charge in [0.05, 0.1) is 13.3 Å². The van der Waals surface area contributed by atoms with E-state index in [1.807, 2.05) is 0 Å². The molecule has 0 unspecified atom stereocenters. The molecule has 0 aliphatic heterocycles. The first-order valence-corrected chi connectivity index (χ1v) is 5.88. The van der Waals surface area contributed by atoms with Crippen molar-refractivity contribution >= 4 is 0 Å². The Hall–Kier alpha value is -1.64. The van der Waals surface area contributed by atoms with E-state index in [0.29, 0.717) is 12.5 Å². The van der Waals surface area contributed by atoms with E-state index in [4.69, 9.17) is 10.5 Å². The predicted octanol–water partition coefficient (Wildman–Crippen LogP) is 2.73. The average molecular weight is 225 g/mol. The van der Waals surface area contributed by atoms with E-state index in [-0.39, 0.29) is 6.73 Å². The van der Waals surface area contributed by atoms with E-state index < -0.39 is 0 Å². The molecular weight excluding hydrogens is 210 g/mol. The molecule has 17 heavy (non-hydrogen) atoms. The van der Waals surface area contributed by atoms with Crippen LogP contribution >= 0.6 is 0 Å². The minimum atomic E-state index is 0.279. The van der Waals surface area contributed by atoms with Gasteiger partial charge < -0.3 is 10.5 Å². The Kier molecular flexibility index (Phi) is 2.67. The highest BCUT2D eigenvalue weighted by Gasteiger charge is 2.27. The summed E-state index contributed by atoms with van der Waals surface area (Å²) < 4.78 is 5.41. The van der Waals surface area contributed by atoms with Crippen molar-refractivity contribution in [3.63, 3.8) is 0 Å². The van der Waals surface area contributed by atoms with Crippen LogP contribution < -0.4 is 5.73 Å². The molecular formula is C15H15NO. The van der Waals surface area contributed by atoms with E-state index >= 15 is 0 Å². The molecule has 2 N–H and O–H groups in total. The third-order valence-corrected chi connectivity index (χ3v) is 3.36. The van der Waals surface area contributed by atoms with Crippen molar-refractivity contribution in [2.75, 3.05) is 13.3 Å². The van der Waals surface area contributed by atoms with E-state index in [1.165, 1.54) is 22.3 Å². The fraction of sp³-hybridized carbons (Fsp3) is 0.200. The second kappa shape index (κ2) is 4.32. The van der Waals surface area contributed by atoms with Gasteiger partial charge in [0, 0.05) is 5.92 Å². The molecule has 0 atom stereocenters. The van der Waals surface area contributed by atoms with Crippen LogP contribution in [0.4, 0.5) is 0 Å². The van der Waals surface area contributed by atoms with Crippen LogP contribution in [0.3, 0.4) is 0 Å². The molecule has 0 amide bonds. The summed E-state index contributed by atoms with van der Waals surface area (Å²) in [5, 5.41) is 0. The third-order valence-electron chi connectivity index (χ3n) is 3.36. The highest BCUT2D eigenvalue weighted by molar-refractivity contribution is 5.78. The number of hydrogen-bond donors (Lipinski definition) is 1. The van der Waals surface area contributed by atoms with Crippen LogP contribution in [-0.2, 0) is 4.74 Å². The number of ether oxygens (including phenoxy) is 1. The van der Waals surface area contributed by atoms with Crippen molar-refractivity contribution < 1.29 is 4.74 Å². The zero-order valence-electron chi connectivity index (χ0n) is 9.60. The molecule has 1 aliphatic carbocycles. The molecule has 0 saturated heterocycles. The first kappa shape index (κ1) is 10.5. The Morgan fingerprint density at radius 1 is 0.882 bits per heavy atom. The van der Waals surface area contributed by atoms with Gasteiger partial charge in [-0.15, -0.1) is 0 Å². The average Bonchev–Trinajstić information content (AvgIpc) is 2.71. The second-order valence-electron chi connectivity index (χ2n) is 4.26. The zero-order valence-corrected chi connectivity index (χ0v) is 9.60. The van der Waals surface area contributed by atoms with Gasteiger partial charge >= 0.3 is 0 Å². The number of hydrogen-bond acceptors (Lipinski definition) is 2. The molecule has 0 aromatic heterocycles. The monoisotopic (exact) mass is 225 g/mol. The van der Waals surface area contributed by atoms with Crippen LogP contribution in [0.2, 0.25) is 0 Å². The van der Waals surface area contributed by atoms with E-state index in [9.17, 15) is 0 Å². The summed E-state index contributed by atoms with van der Waals surface area (Å²) in [6, 6.07) is 17.1. The summed E-state index contributed by atoms with van der Waals surface area (Å²) >= 11 is 0. The molecule has 86 valence electrons. The van der Waals surface area contributed by atoms with Gasteiger partial charge in [-0.2, -0.15) is 0 Å². The van der Waals surface area contributed by atoms with Crippen LogP contribution in [0.15, 0.2) is 48.5 Å². The van der Waals surface area contributed by atoms with Crippen LogP contribution in [0, 0.1) is 0 Å². The number of benzene rings is 2. The Balaban J connectivity index is 2.10. The lowest BCUT2D eigenvalue weighted by Gasteiger charge is -2.12. The van der Waals surface area contributed by atoms with E-state index in [1.54, 1.807) is 0 Å². The van der Waals surface area contributed by atoms with Gasteiger partial charge in [-0.05, 0) is 22.3 Å². The minimum Gasteiger partial charge on any atom is -0.366 e. The smallest absolute Gasteiger partial charge is 0.0940 e. The molecule has 2 heteroatoms. The van der Waals surface area contributed by atoms with Crippen LogP contribution in [0.25, 0.3) is 11.1 Å². The Bertz CT molecular complexity index is 490. The molecule has 0 radical (unpaired) electrons. The molecule has 1 aliphatic rings. The molecule has 2 aromatic carbocycles. The number of rotatable bonds is 3. The maximum absolute atomic E-state index is 5.42. The van der Waals surface area contributed by atoms with E-state index in [0.717, 1.165) is 0 Å².